The lowest BCUT2D eigenvalue weighted by Crippen LogP contribution is -2.13. The van der Waals surface area contributed by atoms with Crippen LogP contribution in [-0.4, -0.2) is 18.2 Å². The van der Waals surface area contributed by atoms with Crippen LogP contribution in [0.2, 0.25) is 5.02 Å². The topological polar surface area (TPSA) is 90.0 Å². The van der Waals surface area contributed by atoms with Crippen molar-refractivity contribution in [3.8, 4) is 0 Å². The van der Waals surface area contributed by atoms with E-state index in [0.717, 1.165) is 0 Å². The summed E-state index contributed by atoms with van der Waals surface area (Å²) >= 11 is 5.99. The summed E-state index contributed by atoms with van der Waals surface area (Å²) in [7, 11) is -3.76. The third kappa shape index (κ3) is 3.30. The van der Waals surface area contributed by atoms with Crippen LogP contribution in [0.1, 0.15) is 25.5 Å². The van der Waals surface area contributed by atoms with Crippen LogP contribution in [0, 0.1) is 6.92 Å². The molecule has 0 aliphatic rings. The number of aromatic nitrogens is 2. The molecule has 1 aromatic carbocycles. The first-order chi connectivity index (χ1) is 9.70. The van der Waals surface area contributed by atoms with E-state index in [9.17, 15) is 8.42 Å². The predicted octanol–water partition coefficient (Wildman–Crippen LogP) is 2.81. The SMILES string of the molecule is Cc1c(N)cc(S(=O)(=O)Nc2cnn(C(C)C)c2)cc1Cl. The minimum atomic E-state index is -3.76. The van der Waals surface area contributed by atoms with Gasteiger partial charge < -0.3 is 5.73 Å². The van der Waals surface area contributed by atoms with E-state index in [1.807, 2.05) is 13.8 Å². The average Bonchev–Trinajstić information content (AvgIpc) is 2.83. The van der Waals surface area contributed by atoms with Gasteiger partial charge in [0.05, 0.1) is 16.8 Å². The van der Waals surface area contributed by atoms with Crippen LogP contribution in [0.15, 0.2) is 29.4 Å². The van der Waals surface area contributed by atoms with Crippen LogP contribution in [0.3, 0.4) is 0 Å². The van der Waals surface area contributed by atoms with Gasteiger partial charge in [-0.05, 0) is 38.5 Å². The van der Waals surface area contributed by atoms with Gasteiger partial charge in [-0.15, -0.1) is 0 Å². The van der Waals surface area contributed by atoms with Gasteiger partial charge in [-0.2, -0.15) is 5.10 Å². The number of nitrogens with two attached hydrogens (primary N) is 1. The minimum absolute atomic E-state index is 0.0212. The van der Waals surface area contributed by atoms with Gasteiger partial charge in [0.2, 0.25) is 0 Å². The molecule has 21 heavy (non-hydrogen) atoms. The van der Waals surface area contributed by atoms with Crippen molar-refractivity contribution in [2.24, 2.45) is 0 Å². The number of rotatable bonds is 4. The molecule has 114 valence electrons. The van der Waals surface area contributed by atoms with Crippen molar-refractivity contribution in [2.75, 3.05) is 10.5 Å². The summed E-state index contributed by atoms with van der Waals surface area (Å²) in [4.78, 5) is 0.0212. The summed E-state index contributed by atoms with van der Waals surface area (Å²) in [6.07, 6.45) is 3.08. The van der Waals surface area contributed by atoms with Gasteiger partial charge in [-0.1, -0.05) is 11.6 Å². The second-order valence-electron chi connectivity index (χ2n) is 5.03. The maximum atomic E-state index is 12.3. The molecule has 0 fully saturated rings. The summed E-state index contributed by atoms with van der Waals surface area (Å²) in [6, 6.07) is 2.91. The third-order valence-electron chi connectivity index (χ3n) is 3.05. The first-order valence-electron chi connectivity index (χ1n) is 6.33. The number of benzene rings is 1. The van der Waals surface area contributed by atoms with Gasteiger partial charge in [0.15, 0.2) is 0 Å². The average molecular weight is 329 g/mol. The lowest BCUT2D eigenvalue weighted by atomic mass is 10.2. The van der Waals surface area contributed by atoms with Crippen LogP contribution in [0.5, 0.6) is 0 Å². The molecule has 0 unspecified atom stereocenters. The summed E-state index contributed by atoms with van der Waals surface area (Å²) < 4.78 is 28.8. The van der Waals surface area contributed by atoms with Crippen LogP contribution in [-0.2, 0) is 10.0 Å². The van der Waals surface area contributed by atoms with E-state index >= 15 is 0 Å². The molecule has 2 rings (SSSR count). The molecule has 0 saturated carbocycles. The smallest absolute Gasteiger partial charge is 0.262 e. The highest BCUT2D eigenvalue weighted by Crippen LogP contribution is 2.27. The summed E-state index contributed by atoms with van der Waals surface area (Å²) in [6.45, 7) is 5.63. The van der Waals surface area contributed by atoms with Crippen molar-refractivity contribution in [3.05, 3.63) is 35.1 Å². The summed E-state index contributed by atoms with van der Waals surface area (Å²) in [5.74, 6) is 0. The molecule has 3 N–H and O–H groups in total. The number of hydrogen-bond donors (Lipinski definition) is 2. The van der Waals surface area contributed by atoms with E-state index in [1.54, 1.807) is 17.8 Å². The Morgan fingerprint density at radius 1 is 1.38 bits per heavy atom. The zero-order chi connectivity index (χ0) is 15.8. The Balaban J connectivity index is 2.33. The van der Waals surface area contributed by atoms with E-state index in [1.165, 1.54) is 18.3 Å². The number of nitrogens with zero attached hydrogens (tertiary/aromatic N) is 2. The van der Waals surface area contributed by atoms with Crippen LogP contribution in [0.4, 0.5) is 11.4 Å². The molecule has 0 aliphatic heterocycles. The Bertz CT molecular complexity index is 745. The minimum Gasteiger partial charge on any atom is -0.398 e. The fourth-order valence-corrected chi connectivity index (χ4v) is 3.10. The number of nitrogen functional groups attached to an aromatic ring is 1. The molecule has 6 nitrogen and oxygen atoms in total. The van der Waals surface area contributed by atoms with Crippen molar-refractivity contribution in [3.63, 3.8) is 0 Å². The zero-order valence-electron chi connectivity index (χ0n) is 12.0. The molecule has 0 amide bonds. The van der Waals surface area contributed by atoms with Gasteiger partial charge in [-0.25, -0.2) is 8.42 Å². The fraction of sp³-hybridized carbons (Fsp3) is 0.308. The third-order valence-corrected chi connectivity index (χ3v) is 4.80. The van der Waals surface area contributed by atoms with Gasteiger partial charge in [0.25, 0.3) is 10.0 Å². The van der Waals surface area contributed by atoms with E-state index in [4.69, 9.17) is 17.3 Å². The molecule has 1 heterocycles. The number of hydrogen-bond acceptors (Lipinski definition) is 4. The van der Waals surface area contributed by atoms with Crippen molar-refractivity contribution in [1.29, 1.82) is 0 Å². The molecule has 2 aromatic rings. The molecule has 0 spiro atoms. The van der Waals surface area contributed by atoms with Crippen LogP contribution >= 0.6 is 11.6 Å². The molecular weight excluding hydrogens is 312 g/mol. The lowest BCUT2D eigenvalue weighted by Gasteiger charge is -2.09. The lowest BCUT2D eigenvalue weighted by molar-refractivity contribution is 0.532. The van der Waals surface area contributed by atoms with Crippen molar-refractivity contribution >= 4 is 33.0 Å². The summed E-state index contributed by atoms with van der Waals surface area (Å²) in [5.41, 5.74) is 7.14. The molecule has 0 aliphatic carbocycles. The van der Waals surface area contributed by atoms with Gasteiger partial charge in [-0.3, -0.25) is 9.40 Å². The maximum absolute atomic E-state index is 12.3. The first kappa shape index (κ1) is 15.7. The number of halogens is 1. The van der Waals surface area contributed by atoms with Crippen molar-refractivity contribution < 1.29 is 8.42 Å². The highest BCUT2D eigenvalue weighted by Gasteiger charge is 2.18. The molecular formula is C13H17ClN4O2S. The van der Waals surface area contributed by atoms with Crippen LogP contribution in [0.25, 0.3) is 0 Å². The first-order valence-corrected chi connectivity index (χ1v) is 8.19. The Kier molecular flexibility index (Phi) is 4.15. The maximum Gasteiger partial charge on any atom is 0.262 e. The van der Waals surface area contributed by atoms with Gasteiger partial charge >= 0.3 is 0 Å². The number of nitrogens with one attached hydrogen (secondary N) is 1. The monoisotopic (exact) mass is 328 g/mol. The standard InChI is InChI=1S/C13H17ClN4O2S/c1-8(2)18-7-10(6-16-18)17-21(19,20)11-4-12(14)9(3)13(15)5-11/h4-8,17H,15H2,1-3H3. The summed E-state index contributed by atoms with van der Waals surface area (Å²) in [5, 5.41) is 4.39. The van der Waals surface area contributed by atoms with E-state index in [0.29, 0.717) is 22.0 Å². The Morgan fingerprint density at radius 2 is 2.05 bits per heavy atom. The molecule has 8 heteroatoms. The predicted molar refractivity (Wildman–Crippen MR) is 84.0 cm³/mol. The Hall–Kier alpha value is -1.73. The van der Waals surface area contributed by atoms with Gasteiger partial charge in [0.1, 0.15) is 0 Å². The van der Waals surface area contributed by atoms with Crippen LogP contribution < -0.4 is 10.5 Å². The number of sulfonamides is 1. The van der Waals surface area contributed by atoms with E-state index < -0.39 is 10.0 Å². The highest BCUT2D eigenvalue weighted by molar-refractivity contribution is 7.92. The zero-order valence-corrected chi connectivity index (χ0v) is 13.5. The largest absolute Gasteiger partial charge is 0.398 e. The highest BCUT2D eigenvalue weighted by atomic mass is 35.5. The fourth-order valence-electron chi connectivity index (χ4n) is 1.72. The van der Waals surface area contributed by atoms with E-state index in [-0.39, 0.29) is 10.9 Å². The van der Waals surface area contributed by atoms with Crippen molar-refractivity contribution in [1.82, 2.24) is 9.78 Å². The van der Waals surface area contributed by atoms with Crippen molar-refractivity contribution in [2.45, 2.75) is 31.7 Å². The number of anilines is 2. The molecule has 0 atom stereocenters. The molecule has 0 bridgehead atoms. The molecule has 0 saturated heterocycles. The normalized spacial score (nSPS) is 11.9. The Labute approximate surface area is 129 Å². The second-order valence-corrected chi connectivity index (χ2v) is 7.12. The van der Waals surface area contributed by atoms with E-state index in [2.05, 4.69) is 9.82 Å². The second kappa shape index (κ2) is 5.57. The van der Waals surface area contributed by atoms with Gasteiger partial charge in [0, 0.05) is 22.9 Å². The molecule has 0 radical (unpaired) electrons. The molecule has 1 aromatic heterocycles. The Morgan fingerprint density at radius 3 is 2.57 bits per heavy atom. The quantitative estimate of drug-likeness (QED) is 0.844.